The Labute approximate surface area is 174 Å². The number of anilines is 2. The minimum absolute atomic E-state index is 0.387. The van der Waals surface area contributed by atoms with Crippen molar-refractivity contribution in [3.8, 4) is 5.82 Å². The second-order valence-electron chi connectivity index (χ2n) is 7.87. The summed E-state index contributed by atoms with van der Waals surface area (Å²) in [6.07, 6.45) is 1.07. The first-order valence-electron chi connectivity index (χ1n) is 10.3. The molecule has 30 heavy (non-hydrogen) atoms. The molecule has 0 unspecified atom stereocenters. The number of hydrogen-bond donors (Lipinski definition) is 0. The van der Waals surface area contributed by atoms with E-state index in [1.165, 1.54) is 6.07 Å². The van der Waals surface area contributed by atoms with E-state index in [1.807, 2.05) is 24.0 Å². The van der Waals surface area contributed by atoms with Crippen LogP contribution < -0.4 is 9.80 Å². The van der Waals surface area contributed by atoms with Gasteiger partial charge in [-0.15, -0.1) is 0 Å². The summed E-state index contributed by atoms with van der Waals surface area (Å²) < 4.78 is 29.7. The Bertz CT molecular complexity index is 1150. The van der Waals surface area contributed by atoms with Gasteiger partial charge in [-0.1, -0.05) is 6.58 Å². The van der Waals surface area contributed by atoms with Crippen LogP contribution in [0.1, 0.15) is 19.2 Å². The van der Waals surface area contributed by atoms with Crippen LogP contribution in [-0.2, 0) is 0 Å². The van der Waals surface area contributed by atoms with Crippen LogP contribution >= 0.6 is 0 Å². The molecule has 3 aromatic rings. The van der Waals surface area contributed by atoms with Gasteiger partial charge in [0.2, 0.25) is 0 Å². The molecule has 0 amide bonds. The maximum absolute atomic E-state index is 14.1. The largest absolute Gasteiger partial charge is 0.355 e. The molecule has 2 aromatic heterocycles. The Balaban J connectivity index is 1.70. The van der Waals surface area contributed by atoms with Gasteiger partial charge in [0.1, 0.15) is 5.82 Å². The number of halogens is 2. The fourth-order valence-electron chi connectivity index (χ4n) is 4.37. The lowest BCUT2D eigenvalue weighted by molar-refractivity contribution is 0.360. The Hall–Kier alpha value is -3.00. The number of fused-ring (bicyclic) bond motifs is 5. The molecule has 1 aromatic carbocycles. The average molecular weight is 410 g/mol. The molecule has 6 nitrogen and oxygen atoms in total. The highest BCUT2D eigenvalue weighted by Crippen LogP contribution is 2.39. The molecule has 2 aliphatic rings. The van der Waals surface area contributed by atoms with E-state index in [1.54, 1.807) is 4.57 Å². The molecule has 1 fully saturated rings. The summed E-state index contributed by atoms with van der Waals surface area (Å²) in [5, 5.41) is 0. The van der Waals surface area contributed by atoms with Crippen molar-refractivity contribution in [2.24, 2.45) is 0 Å². The third kappa shape index (κ3) is 2.86. The number of pyridine rings is 1. The molecule has 0 atom stereocenters. The minimum Gasteiger partial charge on any atom is -0.355 e. The lowest BCUT2D eigenvalue weighted by Gasteiger charge is -2.33. The highest BCUT2D eigenvalue weighted by Gasteiger charge is 2.30. The first kappa shape index (κ1) is 19.0. The first-order chi connectivity index (χ1) is 14.5. The van der Waals surface area contributed by atoms with Crippen molar-refractivity contribution in [2.75, 3.05) is 49.6 Å². The molecule has 0 aliphatic carbocycles. The van der Waals surface area contributed by atoms with Crippen molar-refractivity contribution < 1.29 is 8.78 Å². The Morgan fingerprint density at radius 3 is 2.63 bits per heavy atom. The van der Waals surface area contributed by atoms with Gasteiger partial charge in [0.25, 0.3) is 0 Å². The normalized spacial score (nSPS) is 17.3. The van der Waals surface area contributed by atoms with Crippen LogP contribution in [0.5, 0.6) is 0 Å². The molecule has 4 heterocycles. The predicted octanol–water partition coefficient (Wildman–Crippen LogP) is 3.65. The molecular weight excluding hydrogens is 386 g/mol. The van der Waals surface area contributed by atoms with E-state index in [9.17, 15) is 8.78 Å². The standard InChI is InChI=1S/C22H24F2N6/c1-4-29-14(2)21-25-17-12-15(23)16(24)13-19(17)30(21)22-18(29)6-7-20(26-22)28-9-5-8-27(3)10-11-28/h6-7,12-13H,2,4-5,8-11H2,1,3H3. The molecule has 0 radical (unpaired) electrons. The average Bonchev–Trinajstić information content (AvgIpc) is 2.95. The fourth-order valence-corrected chi connectivity index (χ4v) is 4.37. The zero-order valence-electron chi connectivity index (χ0n) is 17.2. The van der Waals surface area contributed by atoms with Crippen molar-refractivity contribution in [3.63, 3.8) is 0 Å². The van der Waals surface area contributed by atoms with Crippen molar-refractivity contribution in [1.82, 2.24) is 19.4 Å². The SMILES string of the molecule is C=C1c2nc3cc(F)c(F)cc3n2-c2nc(N3CCCN(C)CC3)ccc2N1CC. The van der Waals surface area contributed by atoms with Gasteiger partial charge in [0.15, 0.2) is 23.3 Å². The molecule has 156 valence electrons. The Kier molecular flexibility index (Phi) is 4.47. The van der Waals surface area contributed by atoms with Crippen LogP contribution in [-0.4, -0.2) is 59.2 Å². The number of likely N-dealkylation sites (N-methyl/N-ethyl adjacent to an activating group) is 1. The molecule has 0 bridgehead atoms. The summed E-state index contributed by atoms with van der Waals surface area (Å²) in [6, 6.07) is 6.39. The third-order valence-electron chi connectivity index (χ3n) is 5.98. The predicted molar refractivity (Wildman–Crippen MR) is 115 cm³/mol. The van der Waals surface area contributed by atoms with E-state index in [0.717, 1.165) is 50.2 Å². The Morgan fingerprint density at radius 1 is 1.03 bits per heavy atom. The van der Waals surface area contributed by atoms with Crippen LogP contribution in [0.4, 0.5) is 20.3 Å². The van der Waals surface area contributed by atoms with Crippen LogP contribution in [0.15, 0.2) is 30.8 Å². The smallest absolute Gasteiger partial charge is 0.165 e. The second-order valence-corrected chi connectivity index (χ2v) is 7.87. The van der Waals surface area contributed by atoms with Crippen LogP contribution in [0.25, 0.3) is 22.5 Å². The lowest BCUT2D eigenvalue weighted by Crippen LogP contribution is -2.31. The molecule has 5 rings (SSSR count). The van der Waals surface area contributed by atoms with E-state index in [0.29, 0.717) is 34.9 Å². The molecular formula is C22H24F2N6. The monoisotopic (exact) mass is 410 g/mol. The highest BCUT2D eigenvalue weighted by molar-refractivity contribution is 5.91. The summed E-state index contributed by atoms with van der Waals surface area (Å²) >= 11 is 0. The molecule has 1 saturated heterocycles. The summed E-state index contributed by atoms with van der Waals surface area (Å²) in [5.74, 6) is 0.295. The molecule has 0 spiro atoms. The van der Waals surface area contributed by atoms with Crippen molar-refractivity contribution in [3.05, 3.63) is 48.3 Å². The summed E-state index contributed by atoms with van der Waals surface area (Å²) in [6.45, 7) is 10.8. The van der Waals surface area contributed by atoms with Crippen molar-refractivity contribution >= 4 is 28.2 Å². The van der Waals surface area contributed by atoms with Crippen LogP contribution in [0.3, 0.4) is 0 Å². The number of nitrogens with zero attached hydrogens (tertiary/aromatic N) is 6. The molecule has 8 heteroatoms. The van der Waals surface area contributed by atoms with E-state index < -0.39 is 11.6 Å². The molecule has 0 saturated carbocycles. The highest BCUT2D eigenvalue weighted by atomic mass is 19.2. The van der Waals surface area contributed by atoms with Gasteiger partial charge < -0.3 is 14.7 Å². The number of hydrogen-bond acceptors (Lipinski definition) is 5. The summed E-state index contributed by atoms with van der Waals surface area (Å²) in [4.78, 5) is 16.2. The molecule has 2 aliphatic heterocycles. The van der Waals surface area contributed by atoms with Crippen LogP contribution in [0, 0.1) is 11.6 Å². The quantitative estimate of drug-likeness (QED) is 0.645. The zero-order valence-corrected chi connectivity index (χ0v) is 17.2. The van der Waals surface area contributed by atoms with E-state index in [2.05, 4.69) is 28.4 Å². The number of benzene rings is 1. The summed E-state index contributed by atoms with van der Waals surface area (Å²) in [7, 11) is 2.13. The third-order valence-corrected chi connectivity index (χ3v) is 5.98. The van der Waals surface area contributed by atoms with E-state index >= 15 is 0 Å². The van der Waals surface area contributed by atoms with Gasteiger partial charge >= 0.3 is 0 Å². The number of imidazole rings is 1. The first-order valence-corrected chi connectivity index (χ1v) is 10.3. The van der Waals surface area contributed by atoms with Crippen molar-refractivity contribution in [2.45, 2.75) is 13.3 Å². The van der Waals surface area contributed by atoms with E-state index in [4.69, 9.17) is 4.98 Å². The number of aromatic nitrogens is 3. The summed E-state index contributed by atoms with van der Waals surface area (Å²) in [5.41, 5.74) is 2.45. The van der Waals surface area contributed by atoms with Crippen LogP contribution in [0.2, 0.25) is 0 Å². The Morgan fingerprint density at radius 2 is 1.83 bits per heavy atom. The van der Waals surface area contributed by atoms with Gasteiger partial charge in [-0.05, 0) is 39.1 Å². The maximum atomic E-state index is 14.1. The van der Waals surface area contributed by atoms with Gasteiger partial charge in [0.05, 0.1) is 22.4 Å². The van der Waals surface area contributed by atoms with Gasteiger partial charge in [-0.25, -0.2) is 18.7 Å². The maximum Gasteiger partial charge on any atom is 0.165 e. The van der Waals surface area contributed by atoms with Gasteiger partial charge in [-0.2, -0.15) is 0 Å². The van der Waals surface area contributed by atoms with Crippen molar-refractivity contribution in [1.29, 1.82) is 0 Å². The number of rotatable bonds is 2. The lowest BCUT2D eigenvalue weighted by atomic mass is 10.2. The fraction of sp³-hybridized carbons (Fsp3) is 0.364. The zero-order chi connectivity index (χ0) is 21.0. The van der Waals surface area contributed by atoms with Gasteiger partial charge in [-0.3, -0.25) is 4.57 Å². The minimum atomic E-state index is -0.911. The van der Waals surface area contributed by atoms with Gasteiger partial charge in [0, 0.05) is 38.3 Å². The van der Waals surface area contributed by atoms with E-state index in [-0.39, 0.29) is 0 Å². The topological polar surface area (TPSA) is 40.4 Å². The second kappa shape index (κ2) is 7.05. The molecule has 0 N–H and O–H groups in total.